The molecule has 1 atom stereocenters. The first-order valence-corrected chi connectivity index (χ1v) is 12.3. The van der Waals surface area contributed by atoms with Crippen molar-refractivity contribution in [2.45, 2.75) is 46.1 Å². The summed E-state index contributed by atoms with van der Waals surface area (Å²) in [6.07, 6.45) is -1.73. The molecule has 0 radical (unpaired) electrons. The number of hydrogen-bond acceptors (Lipinski definition) is 12. The number of esters is 3. The summed E-state index contributed by atoms with van der Waals surface area (Å²) >= 11 is 0. The molecular weight excluding hydrogens is 566 g/mol. The predicted octanol–water partition coefficient (Wildman–Crippen LogP) is 3.09. The molecule has 1 heterocycles. The Labute approximate surface area is 242 Å². The van der Waals surface area contributed by atoms with E-state index in [0.717, 1.165) is 4.90 Å². The highest BCUT2D eigenvalue weighted by Gasteiger charge is 2.43. The maximum atomic E-state index is 13.4. The van der Waals surface area contributed by atoms with Crippen LogP contribution >= 0.6 is 12.4 Å². The van der Waals surface area contributed by atoms with Gasteiger partial charge in [-0.2, -0.15) is 0 Å². The van der Waals surface area contributed by atoms with Gasteiger partial charge in [-0.3, -0.25) is 19.8 Å². The van der Waals surface area contributed by atoms with Gasteiger partial charge in [0, 0.05) is 37.2 Å². The van der Waals surface area contributed by atoms with E-state index in [1.54, 1.807) is 13.8 Å². The molecule has 1 aromatic carbocycles. The van der Waals surface area contributed by atoms with Gasteiger partial charge in [0.05, 0.1) is 41.1 Å². The van der Waals surface area contributed by atoms with E-state index >= 15 is 0 Å². The average molecular weight is 600 g/mol. The van der Waals surface area contributed by atoms with Gasteiger partial charge in [0.25, 0.3) is 5.69 Å². The zero-order valence-corrected chi connectivity index (χ0v) is 24.2. The minimum Gasteiger partial charge on any atom is -0.460 e. The maximum Gasteiger partial charge on any atom is 0.421 e. The highest BCUT2D eigenvalue weighted by atomic mass is 35.5. The summed E-state index contributed by atoms with van der Waals surface area (Å²) in [4.78, 5) is 63.5. The number of nitro benzene ring substituents is 1. The molecule has 1 aromatic rings. The van der Waals surface area contributed by atoms with Crippen molar-refractivity contribution in [2.24, 2.45) is 5.73 Å². The first kappa shape index (κ1) is 35.0. The van der Waals surface area contributed by atoms with Gasteiger partial charge >= 0.3 is 24.0 Å². The van der Waals surface area contributed by atoms with Gasteiger partial charge in [-0.05, 0) is 33.3 Å². The van der Waals surface area contributed by atoms with Crippen LogP contribution in [0, 0.1) is 10.1 Å². The second-order valence-corrected chi connectivity index (χ2v) is 8.78. The zero-order valence-electron chi connectivity index (χ0n) is 23.4. The van der Waals surface area contributed by atoms with Crippen molar-refractivity contribution in [3.05, 3.63) is 62.5 Å². The molecule has 1 unspecified atom stereocenters. The van der Waals surface area contributed by atoms with Crippen LogP contribution in [0.25, 0.3) is 0 Å². The molecule has 2 rings (SSSR count). The van der Waals surface area contributed by atoms with E-state index in [4.69, 9.17) is 29.4 Å². The predicted molar refractivity (Wildman–Crippen MR) is 145 cm³/mol. The molecular formula is C26H34ClN3O11. The van der Waals surface area contributed by atoms with Crippen LogP contribution in [0.5, 0.6) is 0 Å². The fraction of sp³-hybridized carbons (Fsp3) is 0.462. The summed E-state index contributed by atoms with van der Waals surface area (Å²) in [5.41, 5.74) is 5.00. The van der Waals surface area contributed by atoms with Gasteiger partial charge in [-0.1, -0.05) is 12.1 Å². The second-order valence-electron chi connectivity index (χ2n) is 8.78. The van der Waals surface area contributed by atoms with E-state index in [1.165, 1.54) is 45.2 Å². The Morgan fingerprint density at radius 2 is 1.66 bits per heavy atom. The summed E-state index contributed by atoms with van der Waals surface area (Å²) in [7, 11) is 1.41. The smallest absolute Gasteiger partial charge is 0.421 e. The molecule has 15 heteroatoms. The van der Waals surface area contributed by atoms with E-state index in [-0.39, 0.29) is 72.4 Å². The third-order valence-electron chi connectivity index (χ3n) is 5.68. The summed E-state index contributed by atoms with van der Waals surface area (Å²) in [5, 5.41) is 11.5. The molecule has 0 saturated carbocycles. The molecule has 0 fully saturated rings. The molecule has 2 N–H and O–H groups in total. The monoisotopic (exact) mass is 599 g/mol. The molecule has 0 aromatic heterocycles. The topological polar surface area (TPSA) is 187 Å². The number of amides is 1. The van der Waals surface area contributed by atoms with Crippen LogP contribution in [0.3, 0.4) is 0 Å². The fourth-order valence-corrected chi connectivity index (χ4v) is 3.98. The lowest BCUT2D eigenvalue weighted by Crippen LogP contribution is -2.39. The highest BCUT2D eigenvalue weighted by molar-refractivity contribution is 6.01. The minimum absolute atomic E-state index is 0. The SMILES string of the molecule is COCCOC(=O)C1=C(C)N(C(=O)OCOC(=O)CCN)C(C)=C(C(=O)OC(C)C)C1c1cccc([N+](=O)[O-])c1.Cl. The van der Waals surface area contributed by atoms with Crippen LogP contribution in [0.1, 0.15) is 45.6 Å². The fourth-order valence-electron chi connectivity index (χ4n) is 3.98. The second kappa shape index (κ2) is 16.3. The molecule has 1 amide bonds. The van der Waals surface area contributed by atoms with Gasteiger partial charge in [0.15, 0.2) is 0 Å². The number of methoxy groups -OCH3 is 1. The number of halogens is 1. The Kier molecular flexibility index (Phi) is 13.9. The van der Waals surface area contributed by atoms with Crippen LogP contribution in [0.15, 0.2) is 46.8 Å². The van der Waals surface area contributed by atoms with E-state index in [2.05, 4.69) is 0 Å². The molecule has 0 spiro atoms. The van der Waals surface area contributed by atoms with Gasteiger partial charge in [-0.25, -0.2) is 14.4 Å². The van der Waals surface area contributed by atoms with Crippen molar-refractivity contribution in [3.63, 3.8) is 0 Å². The maximum absolute atomic E-state index is 13.4. The first-order chi connectivity index (χ1) is 18.9. The molecule has 1 aliphatic rings. The average Bonchev–Trinajstić information content (AvgIpc) is 2.88. The Morgan fingerprint density at radius 1 is 1.02 bits per heavy atom. The van der Waals surface area contributed by atoms with Crippen molar-refractivity contribution in [1.29, 1.82) is 0 Å². The van der Waals surface area contributed by atoms with E-state index in [0.29, 0.717) is 0 Å². The normalized spacial score (nSPS) is 14.8. The van der Waals surface area contributed by atoms with E-state index in [1.807, 2.05) is 0 Å². The number of carbonyl (C=O) groups is 4. The Balaban J connectivity index is 0.00000840. The lowest BCUT2D eigenvalue weighted by Gasteiger charge is -2.36. The molecule has 0 bridgehead atoms. The molecule has 1 aliphatic heterocycles. The van der Waals surface area contributed by atoms with E-state index < -0.39 is 47.7 Å². The first-order valence-electron chi connectivity index (χ1n) is 12.3. The minimum atomic E-state index is -1.20. The number of allylic oxidation sites excluding steroid dienone is 2. The lowest BCUT2D eigenvalue weighted by atomic mass is 9.79. The van der Waals surface area contributed by atoms with Gasteiger partial charge < -0.3 is 29.4 Å². The van der Waals surface area contributed by atoms with Gasteiger partial charge in [0.2, 0.25) is 6.79 Å². The molecule has 41 heavy (non-hydrogen) atoms. The summed E-state index contributed by atoms with van der Waals surface area (Å²) < 4.78 is 25.6. The summed E-state index contributed by atoms with van der Waals surface area (Å²) in [6, 6.07) is 5.40. The lowest BCUT2D eigenvalue weighted by molar-refractivity contribution is -0.384. The molecule has 0 saturated heterocycles. The van der Waals surface area contributed by atoms with Crippen molar-refractivity contribution in [3.8, 4) is 0 Å². The molecule has 0 aliphatic carbocycles. The van der Waals surface area contributed by atoms with Crippen molar-refractivity contribution in [2.75, 3.05) is 33.7 Å². The zero-order chi connectivity index (χ0) is 30.0. The summed E-state index contributed by atoms with van der Waals surface area (Å²) in [6.45, 7) is 5.29. The van der Waals surface area contributed by atoms with Crippen molar-refractivity contribution in [1.82, 2.24) is 4.90 Å². The van der Waals surface area contributed by atoms with E-state index in [9.17, 15) is 29.3 Å². The largest absolute Gasteiger partial charge is 0.460 e. The number of nitrogens with two attached hydrogens (primary N) is 1. The number of rotatable bonds is 12. The number of ether oxygens (including phenoxy) is 5. The van der Waals surface area contributed by atoms with Crippen LogP contribution in [-0.2, 0) is 38.1 Å². The molecule has 226 valence electrons. The van der Waals surface area contributed by atoms with Gasteiger partial charge in [-0.15, -0.1) is 12.4 Å². The number of benzene rings is 1. The number of carbonyl (C=O) groups excluding carboxylic acids is 4. The van der Waals surface area contributed by atoms with Gasteiger partial charge in [0.1, 0.15) is 6.61 Å². The third-order valence-corrected chi connectivity index (χ3v) is 5.68. The quantitative estimate of drug-likeness (QED) is 0.0924. The standard InChI is InChI=1S/C26H33N3O11.ClH/c1-15(2)40-25(32)22-17(4)28(26(33)39-14-38-20(30)9-10-27)16(3)21(24(31)37-12-11-36-5)23(22)18-7-6-8-19(13-18)29(34)35;/h6-8,13,15,23H,9-12,14,27H2,1-5H3;1H. The number of hydrogen-bond donors (Lipinski definition) is 1. The Hall–Kier alpha value is -4.01. The number of nitro groups is 1. The Morgan fingerprint density at radius 3 is 2.22 bits per heavy atom. The van der Waals surface area contributed by atoms with Crippen LogP contribution in [0.2, 0.25) is 0 Å². The van der Waals surface area contributed by atoms with Crippen molar-refractivity contribution >= 4 is 42.1 Å². The summed E-state index contributed by atoms with van der Waals surface area (Å²) in [5.74, 6) is -3.66. The third kappa shape index (κ3) is 8.99. The number of nitrogens with zero attached hydrogens (tertiary/aromatic N) is 2. The van der Waals surface area contributed by atoms with Crippen LogP contribution in [0.4, 0.5) is 10.5 Å². The number of non-ortho nitro benzene ring substituents is 1. The van der Waals surface area contributed by atoms with Crippen LogP contribution in [-0.4, -0.2) is 73.6 Å². The van der Waals surface area contributed by atoms with Crippen molar-refractivity contribution < 1.29 is 47.8 Å². The highest BCUT2D eigenvalue weighted by Crippen LogP contribution is 2.44. The Bertz CT molecular complexity index is 1210. The molecule has 14 nitrogen and oxygen atoms in total. The van der Waals surface area contributed by atoms with Crippen LogP contribution < -0.4 is 5.73 Å².